The molecular weight excluding hydrogens is 270 g/mol. The third-order valence-corrected chi connectivity index (χ3v) is 3.22. The maximum Gasteiger partial charge on any atom is 0.336 e. The molecule has 0 bridgehead atoms. The van der Waals surface area contributed by atoms with Crippen LogP contribution < -0.4 is 4.74 Å². The molecule has 0 radical (unpaired) electrons. The molecule has 3 aromatic rings. The molecule has 6 nitrogen and oxygen atoms in total. The standard InChI is InChI=1S/C15H13N3O3/c1-9-7-12(15(19)20)13-8-16-18(14(13)17-9)10-3-5-11(21-2)6-4-10/h3-8H,1-2H3,(H,19,20). The van der Waals surface area contributed by atoms with Crippen molar-refractivity contribution in [1.29, 1.82) is 0 Å². The third-order valence-electron chi connectivity index (χ3n) is 3.22. The van der Waals surface area contributed by atoms with Crippen molar-refractivity contribution >= 4 is 17.0 Å². The van der Waals surface area contributed by atoms with Gasteiger partial charge in [-0.3, -0.25) is 0 Å². The average Bonchev–Trinajstić information content (AvgIpc) is 2.90. The Morgan fingerprint density at radius 3 is 2.62 bits per heavy atom. The zero-order chi connectivity index (χ0) is 15.0. The molecule has 1 N–H and O–H groups in total. The van der Waals surface area contributed by atoms with Gasteiger partial charge < -0.3 is 9.84 Å². The Balaban J connectivity index is 2.21. The van der Waals surface area contributed by atoms with E-state index in [1.165, 1.54) is 6.20 Å². The summed E-state index contributed by atoms with van der Waals surface area (Å²) in [5.74, 6) is -0.245. The number of rotatable bonds is 3. The van der Waals surface area contributed by atoms with Crippen molar-refractivity contribution in [3.63, 3.8) is 0 Å². The van der Waals surface area contributed by atoms with Gasteiger partial charge in [0, 0.05) is 5.69 Å². The summed E-state index contributed by atoms with van der Waals surface area (Å²) in [6, 6.07) is 8.86. The van der Waals surface area contributed by atoms with E-state index in [0.29, 0.717) is 16.7 Å². The normalized spacial score (nSPS) is 10.8. The summed E-state index contributed by atoms with van der Waals surface area (Å²) in [7, 11) is 1.60. The number of carbonyl (C=O) groups is 1. The number of aromatic nitrogens is 3. The lowest BCUT2D eigenvalue weighted by atomic mass is 10.1. The van der Waals surface area contributed by atoms with Gasteiger partial charge in [0.1, 0.15) is 5.75 Å². The Labute approximate surface area is 120 Å². The number of carboxylic acids is 1. The minimum atomic E-state index is -0.986. The van der Waals surface area contributed by atoms with E-state index in [-0.39, 0.29) is 5.56 Å². The largest absolute Gasteiger partial charge is 0.497 e. The number of aryl methyl sites for hydroxylation is 1. The number of hydrogen-bond donors (Lipinski definition) is 1. The zero-order valence-electron chi connectivity index (χ0n) is 11.6. The van der Waals surface area contributed by atoms with Crippen LogP contribution in [0.1, 0.15) is 16.1 Å². The Bertz CT molecular complexity index is 822. The van der Waals surface area contributed by atoms with Gasteiger partial charge in [-0.1, -0.05) is 0 Å². The summed E-state index contributed by atoms with van der Waals surface area (Å²) >= 11 is 0. The zero-order valence-corrected chi connectivity index (χ0v) is 11.6. The highest BCUT2D eigenvalue weighted by Crippen LogP contribution is 2.22. The minimum Gasteiger partial charge on any atom is -0.497 e. The van der Waals surface area contributed by atoms with E-state index in [1.807, 2.05) is 24.3 Å². The summed E-state index contributed by atoms with van der Waals surface area (Å²) in [6.45, 7) is 1.76. The first-order valence-corrected chi connectivity index (χ1v) is 6.33. The van der Waals surface area contributed by atoms with Crippen molar-refractivity contribution in [2.75, 3.05) is 7.11 Å². The Morgan fingerprint density at radius 2 is 2.00 bits per heavy atom. The van der Waals surface area contributed by atoms with E-state index in [4.69, 9.17) is 4.74 Å². The third kappa shape index (κ3) is 2.20. The highest BCUT2D eigenvalue weighted by atomic mass is 16.5. The first-order chi connectivity index (χ1) is 10.1. The molecule has 0 saturated carbocycles. The predicted octanol–water partition coefficient (Wildman–Crippen LogP) is 2.44. The van der Waals surface area contributed by atoms with E-state index in [2.05, 4.69) is 10.1 Å². The fourth-order valence-electron chi connectivity index (χ4n) is 2.21. The fraction of sp³-hybridized carbons (Fsp3) is 0.133. The molecule has 0 amide bonds. The second-order valence-corrected chi connectivity index (χ2v) is 4.61. The summed E-state index contributed by atoms with van der Waals surface area (Å²) in [4.78, 5) is 15.7. The SMILES string of the molecule is COc1ccc(-n2ncc3c(C(=O)O)cc(C)nc32)cc1. The first kappa shape index (κ1) is 13.1. The summed E-state index contributed by atoms with van der Waals surface area (Å²) in [6.07, 6.45) is 1.52. The van der Waals surface area contributed by atoms with Crippen LogP contribution in [0.2, 0.25) is 0 Å². The molecule has 3 rings (SSSR count). The van der Waals surface area contributed by atoms with Gasteiger partial charge in [0.05, 0.1) is 29.9 Å². The molecule has 6 heteroatoms. The van der Waals surface area contributed by atoms with Crippen LogP contribution in [0.25, 0.3) is 16.7 Å². The molecule has 0 saturated heterocycles. The van der Waals surface area contributed by atoms with E-state index < -0.39 is 5.97 Å². The lowest BCUT2D eigenvalue weighted by molar-refractivity contribution is 0.0699. The van der Waals surface area contributed by atoms with Crippen LogP contribution in [-0.2, 0) is 0 Å². The molecule has 0 spiro atoms. The number of ether oxygens (including phenoxy) is 1. The second-order valence-electron chi connectivity index (χ2n) is 4.61. The van der Waals surface area contributed by atoms with Gasteiger partial charge in [0.25, 0.3) is 0 Å². The second kappa shape index (κ2) is 4.90. The van der Waals surface area contributed by atoms with Crippen molar-refractivity contribution in [1.82, 2.24) is 14.8 Å². The molecular formula is C15H13N3O3. The van der Waals surface area contributed by atoms with Gasteiger partial charge >= 0.3 is 5.97 Å². The van der Waals surface area contributed by atoms with Crippen LogP contribution in [0.3, 0.4) is 0 Å². The van der Waals surface area contributed by atoms with Crippen LogP contribution >= 0.6 is 0 Å². The lowest BCUT2D eigenvalue weighted by Gasteiger charge is -2.06. The smallest absolute Gasteiger partial charge is 0.336 e. The van der Waals surface area contributed by atoms with Crippen molar-refractivity contribution in [3.8, 4) is 11.4 Å². The number of aromatic carboxylic acids is 1. The highest BCUT2D eigenvalue weighted by molar-refractivity contribution is 6.01. The molecule has 0 fully saturated rings. The maximum atomic E-state index is 11.3. The van der Waals surface area contributed by atoms with Crippen LogP contribution in [0.4, 0.5) is 0 Å². The number of nitrogens with zero attached hydrogens (tertiary/aromatic N) is 3. The fourth-order valence-corrected chi connectivity index (χ4v) is 2.21. The van der Waals surface area contributed by atoms with Gasteiger partial charge in [-0.05, 0) is 37.3 Å². The Morgan fingerprint density at radius 1 is 1.29 bits per heavy atom. The van der Waals surface area contributed by atoms with Crippen LogP contribution in [-0.4, -0.2) is 33.0 Å². The van der Waals surface area contributed by atoms with Gasteiger partial charge in [-0.2, -0.15) is 5.10 Å². The van der Waals surface area contributed by atoms with Crippen molar-refractivity contribution < 1.29 is 14.6 Å². The van der Waals surface area contributed by atoms with Crippen LogP contribution in [0, 0.1) is 6.92 Å². The van der Waals surface area contributed by atoms with Crippen molar-refractivity contribution in [2.45, 2.75) is 6.92 Å². The molecule has 106 valence electrons. The topological polar surface area (TPSA) is 77.2 Å². The highest BCUT2D eigenvalue weighted by Gasteiger charge is 2.15. The van der Waals surface area contributed by atoms with Crippen molar-refractivity contribution in [3.05, 3.63) is 47.8 Å². The molecule has 1 aromatic carbocycles. The van der Waals surface area contributed by atoms with E-state index in [1.54, 1.807) is 24.8 Å². The van der Waals surface area contributed by atoms with Crippen molar-refractivity contribution in [2.24, 2.45) is 0 Å². The number of pyridine rings is 1. The molecule has 21 heavy (non-hydrogen) atoms. The molecule has 0 atom stereocenters. The number of hydrogen-bond acceptors (Lipinski definition) is 4. The minimum absolute atomic E-state index is 0.206. The molecule has 0 unspecified atom stereocenters. The monoisotopic (exact) mass is 283 g/mol. The van der Waals surface area contributed by atoms with Crippen LogP contribution in [0.15, 0.2) is 36.5 Å². The quantitative estimate of drug-likeness (QED) is 0.798. The molecule has 0 aliphatic heterocycles. The lowest BCUT2D eigenvalue weighted by Crippen LogP contribution is -2.02. The molecule has 2 aromatic heterocycles. The summed E-state index contributed by atoms with van der Waals surface area (Å²) in [5.41, 5.74) is 2.16. The molecule has 0 aliphatic rings. The van der Waals surface area contributed by atoms with Gasteiger partial charge in [0.15, 0.2) is 5.65 Å². The number of carboxylic acid groups (broad SMARTS) is 1. The Hall–Kier alpha value is -2.89. The maximum absolute atomic E-state index is 11.3. The first-order valence-electron chi connectivity index (χ1n) is 6.33. The Kier molecular flexibility index (Phi) is 3.06. The van der Waals surface area contributed by atoms with Gasteiger partial charge in [-0.15, -0.1) is 0 Å². The van der Waals surface area contributed by atoms with E-state index in [0.717, 1.165) is 11.4 Å². The van der Waals surface area contributed by atoms with Crippen LogP contribution in [0.5, 0.6) is 5.75 Å². The number of fused-ring (bicyclic) bond motifs is 1. The van der Waals surface area contributed by atoms with Gasteiger partial charge in [0.2, 0.25) is 0 Å². The summed E-state index contributed by atoms with van der Waals surface area (Å²) < 4.78 is 6.74. The summed E-state index contributed by atoms with van der Waals surface area (Å²) in [5, 5.41) is 14.0. The van der Waals surface area contributed by atoms with E-state index in [9.17, 15) is 9.90 Å². The molecule has 2 heterocycles. The number of methoxy groups -OCH3 is 1. The average molecular weight is 283 g/mol. The molecule has 0 aliphatic carbocycles. The number of benzene rings is 1. The predicted molar refractivity (Wildman–Crippen MR) is 77.1 cm³/mol. The van der Waals surface area contributed by atoms with E-state index >= 15 is 0 Å². The van der Waals surface area contributed by atoms with Gasteiger partial charge in [-0.25, -0.2) is 14.5 Å².